The highest BCUT2D eigenvalue weighted by atomic mass is 79.9. The smallest absolute Gasteiger partial charge is 0.135 e. The van der Waals surface area contributed by atoms with E-state index in [1.807, 2.05) is 11.4 Å². The van der Waals surface area contributed by atoms with Gasteiger partial charge in [-0.2, -0.15) is 0 Å². The van der Waals surface area contributed by atoms with Crippen LogP contribution in [0.2, 0.25) is 10.0 Å². The quantitative estimate of drug-likeness (QED) is 0.765. The molecular weight excluding hydrogens is 319 g/mol. The molecule has 1 N–H and O–H groups in total. The number of phenols is 1. The summed E-state index contributed by atoms with van der Waals surface area (Å²) >= 11 is 16.9. The van der Waals surface area contributed by atoms with Gasteiger partial charge in [0.05, 0.1) is 10.0 Å². The Morgan fingerprint density at radius 3 is 2.53 bits per heavy atom. The Morgan fingerprint density at radius 1 is 1.20 bits per heavy atom. The van der Waals surface area contributed by atoms with Gasteiger partial charge >= 0.3 is 0 Å². The molecule has 0 unspecified atom stereocenters. The Balaban J connectivity index is 2.64. The minimum atomic E-state index is -0.00176. The number of aromatic hydroxyl groups is 1. The van der Waals surface area contributed by atoms with Crippen LogP contribution in [-0.2, 0) is 0 Å². The van der Waals surface area contributed by atoms with Crippen LogP contribution in [0.3, 0.4) is 0 Å². The second-order valence-corrected chi connectivity index (χ2v) is 5.47. The average molecular weight is 324 g/mol. The van der Waals surface area contributed by atoms with Crippen molar-refractivity contribution in [3.8, 4) is 16.2 Å². The summed E-state index contributed by atoms with van der Waals surface area (Å²) in [5, 5.41) is 12.1. The maximum atomic E-state index is 9.37. The number of benzene rings is 1. The van der Waals surface area contributed by atoms with E-state index >= 15 is 0 Å². The highest BCUT2D eigenvalue weighted by Crippen LogP contribution is 2.41. The van der Waals surface area contributed by atoms with Gasteiger partial charge in [0.15, 0.2) is 0 Å². The van der Waals surface area contributed by atoms with Crippen molar-refractivity contribution in [2.24, 2.45) is 0 Å². The SMILES string of the molecule is Oc1cc(Cl)c(-c2sccc2Br)cc1Cl. The zero-order valence-electron chi connectivity index (χ0n) is 7.30. The maximum Gasteiger partial charge on any atom is 0.135 e. The van der Waals surface area contributed by atoms with Crippen LogP contribution in [0.5, 0.6) is 5.75 Å². The van der Waals surface area contributed by atoms with Gasteiger partial charge in [-0.15, -0.1) is 11.3 Å². The molecule has 0 saturated heterocycles. The van der Waals surface area contributed by atoms with Crippen molar-refractivity contribution < 1.29 is 5.11 Å². The summed E-state index contributed by atoms with van der Waals surface area (Å²) < 4.78 is 0.969. The fourth-order valence-corrected chi connectivity index (χ4v) is 3.29. The molecule has 0 radical (unpaired) electrons. The molecule has 1 heterocycles. The zero-order chi connectivity index (χ0) is 11.0. The predicted octanol–water partition coefficient (Wildman–Crippen LogP) is 5.19. The molecule has 0 amide bonds. The molecule has 0 aliphatic heterocycles. The van der Waals surface area contributed by atoms with Crippen molar-refractivity contribution in [2.45, 2.75) is 0 Å². The third-order valence-electron chi connectivity index (χ3n) is 1.90. The van der Waals surface area contributed by atoms with E-state index in [1.54, 1.807) is 17.4 Å². The Hall–Kier alpha value is -0.220. The maximum absolute atomic E-state index is 9.37. The lowest BCUT2D eigenvalue weighted by molar-refractivity contribution is 0.475. The molecule has 1 aromatic heterocycles. The van der Waals surface area contributed by atoms with Gasteiger partial charge in [-0.25, -0.2) is 0 Å². The Morgan fingerprint density at radius 2 is 1.93 bits per heavy atom. The lowest BCUT2D eigenvalue weighted by Crippen LogP contribution is -1.78. The predicted molar refractivity (Wildman–Crippen MR) is 69.1 cm³/mol. The van der Waals surface area contributed by atoms with Crippen molar-refractivity contribution in [2.75, 3.05) is 0 Å². The molecule has 78 valence electrons. The molecule has 5 heteroatoms. The van der Waals surface area contributed by atoms with E-state index in [1.165, 1.54) is 6.07 Å². The summed E-state index contributed by atoms with van der Waals surface area (Å²) in [4.78, 5) is 1.00. The molecular formula is C10H5BrCl2OS. The van der Waals surface area contributed by atoms with Crippen LogP contribution in [0.15, 0.2) is 28.1 Å². The fourth-order valence-electron chi connectivity index (χ4n) is 1.20. The fraction of sp³-hybridized carbons (Fsp3) is 0. The number of thiophene rings is 1. The summed E-state index contributed by atoms with van der Waals surface area (Å²) in [6, 6.07) is 5.05. The van der Waals surface area contributed by atoms with Crippen molar-refractivity contribution in [3.63, 3.8) is 0 Å². The van der Waals surface area contributed by atoms with Crippen molar-refractivity contribution in [3.05, 3.63) is 38.1 Å². The van der Waals surface area contributed by atoms with Crippen LogP contribution in [0, 0.1) is 0 Å². The first-order valence-electron chi connectivity index (χ1n) is 4.01. The van der Waals surface area contributed by atoms with Crippen LogP contribution in [0.1, 0.15) is 0 Å². The van der Waals surface area contributed by atoms with Crippen LogP contribution in [-0.4, -0.2) is 5.11 Å². The van der Waals surface area contributed by atoms with Crippen LogP contribution < -0.4 is 0 Å². The summed E-state index contributed by atoms with van der Waals surface area (Å²) in [5.74, 6) is -0.00176. The minimum Gasteiger partial charge on any atom is -0.506 e. The largest absolute Gasteiger partial charge is 0.506 e. The van der Waals surface area contributed by atoms with Gasteiger partial charge in [-0.3, -0.25) is 0 Å². The minimum absolute atomic E-state index is 0.00176. The highest BCUT2D eigenvalue weighted by Gasteiger charge is 2.11. The zero-order valence-corrected chi connectivity index (χ0v) is 11.2. The molecule has 1 aromatic carbocycles. The standard InChI is InChI=1S/C10H5BrCl2OS/c11-6-1-2-15-10(6)5-3-8(13)9(14)4-7(5)12/h1-4,14H. The Bertz CT molecular complexity index is 510. The van der Waals surface area contributed by atoms with Gasteiger partial charge in [0.1, 0.15) is 5.75 Å². The lowest BCUT2D eigenvalue weighted by Gasteiger charge is -2.05. The second kappa shape index (κ2) is 4.34. The number of halogens is 3. The normalized spacial score (nSPS) is 10.6. The van der Waals surface area contributed by atoms with E-state index in [-0.39, 0.29) is 5.75 Å². The molecule has 0 spiro atoms. The third kappa shape index (κ3) is 2.16. The van der Waals surface area contributed by atoms with E-state index in [0.717, 1.165) is 14.9 Å². The lowest BCUT2D eigenvalue weighted by atomic mass is 10.2. The van der Waals surface area contributed by atoms with Gasteiger partial charge in [0.2, 0.25) is 0 Å². The first kappa shape index (κ1) is 11.3. The van der Waals surface area contributed by atoms with Gasteiger partial charge < -0.3 is 5.11 Å². The molecule has 0 bridgehead atoms. The summed E-state index contributed by atoms with van der Waals surface area (Å²) in [6.45, 7) is 0. The second-order valence-electron chi connectivity index (χ2n) is 2.88. The van der Waals surface area contributed by atoms with E-state index in [9.17, 15) is 5.11 Å². The van der Waals surface area contributed by atoms with Crippen LogP contribution in [0.25, 0.3) is 10.4 Å². The number of hydrogen-bond donors (Lipinski definition) is 1. The summed E-state index contributed by atoms with van der Waals surface area (Å²) in [6.07, 6.45) is 0. The summed E-state index contributed by atoms with van der Waals surface area (Å²) in [7, 11) is 0. The number of rotatable bonds is 1. The van der Waals surface area contributed by atoms with Crippen molar-refractivity contribution in [1.82, 2.24) is 0 Å². The number of hydrogen-bond acceptors (Lipinski definition) is 2. The topological polar surface area (TPSA) is 20.2 Å². The molecule has 0 aliphatic carbocycles. The van der Waals surface area contributed by atoms with E-state index < -0.39 is 0 Å². The van der Waals surface area contributed by atoms with E-state index in [2.05, 4.69) is 15.9 Å². The van der Waals surface area contributed by atoms with Gasteiger partial charge in [-0.1, -0.05) is 23.2 Å². The Labute approximate surface area is 109 Å². The van der Waals surface area contributed by atoms with Gasteiger partial charge in [-0.05, 0) is 33.4 Å². The van der Waals surface area contributed by atoms with Crippen LogP contribution in [0.4, 0.5) is 0 Å². The van der Waals surface area contributed by atoms with E-state index in [4.69, 9.17) is 23.2 Å². The third-order valence-corrected chi connectivity index (χ3v) is 4.38. The monoisotopic (exact) mass is 322 g/mol. The molecule has 1 nitrogen and oxygen atoms in total. The molecule has 0 saturated carbocycles. The van der Waals surface area contributed by atoms with Crippen molar-refractivity contribution in [1.29, 1.82) is 0 Å². The molecule has 0 fully saturated rings. The highest BCUT2D eigenvalue weighted by molar-refractivity contribution is 9.10. The molecule has 0 atom stereocenters. The van der Waals surface area contributed by atoms with Crippen LogP contribution >= 0.6 is 50.5 Å². The number of phenolic OH excluding ortho intramolecular Hbond substituents is 1. The molecule has 15 heavy (non-hydrogen) atoms. The molecule has 0 aliphatic rings. The van der Waals surface area contributed by atoms with Crippen molar-refractivity contribution >= 4 is 50.5 Å². The first-order valence-corrected chi connectivity index (χ1v) is 6.44. The van der Waals surface area contributed by atoms with Gasteiger partial charge in [0.25, 0.3) is 0 Å². The summed E-state index contributed by atoms with van der Waals surface area (Å²) in [5.41, 5.74) is 0.821. The Kier molecular flexibility index (Phi) is 3.26. The van der Waals surface area contributed by atoms with E-state index in [0.29, 0.717) is 10.0 Å². The average Bonchev–Trinajstić information content (AvgIpc) is 2.58. The van der Waals surface area contributed by atoms with Gasteiger partial charge in [0, 0.05) is 21.0 Å². The first-order chi connectivity index (χ1) is 7.09. The molecule has 2 rings (SSSR count). The molecule has 2 aromatic rings.